The van der Waals surface area contributed by atoms with E-state index in [9.17, 15) is 5.11 Å². The normalized spacial score (nSPS) is 12.1. The van der Waals surface area contributed by atoms with Crippen molar-refractivity contribution in [3.05, 3.63) is 5.82 Å². The molecule has 0 fully saturated rings. The van der Waals surface area contributed by atoms with E-state index in [1.807, 2.05) is 25.3 Å². The summed E-state index contributed by atoms with van der Waals surface area (Å²) in [5.74, 6) is 1.64. The number of aliphatic hydroxyl groups is 1. The molecule has 0 aliphatic rings. The molecule has 3 N–H and O–H groups in total. The van der Waals surface area contributed by atoms with Crippen LogP contribution in [0.1, 0.15) is 33.0 Å². The molecule has 0 aromatic carbocycles. The summed E-state index contributed by atoms with van der Waals surface area (Å²) < 4.78 is 2.01. The average molecular weight is 244 g/mol. The zero-order valence-electron chi connectivity index (χ0n) is 10.1. The third kappa shape index (κ3) is 3.77. The number of nitrogens with two attached hydrogens (primary N) is 1. The van der Waals surface area contributed by atoms with Crippen molar-refractivity contribution < 1.29 is 5.11 Å². The van der Waals surface area contributed by atoms with E-state index >= 15 is 0 Å². The van der Waals surface area contributed by atoms with Gasteiger partial charge in [-0.25, -0.2) is 0 Å². The second kappa shape index (κ2) is 5.65. The van der Waals surface area contributed by atoms with Gasteiger partial charge < -0.3 is 15.4 Å². The fourth-order valence-corrected chi connectivity index (χ4v) is 2.56. The van der Waals surface area contributed by atoms with Gasteiger partial charge in [0.25, 0.3) is 0 Å². The Kier molecular flexibility index (Phi) is 4.76. The van der Waals surface area contributed by atoms with Crippen LogP contribution in [0.25, 0.3) is 0 Å². The van der Waals surface area contributed by atoms with Crippen LogP contribution in [0.4, 0.5) is 0 Å². The number of hydrogen-bond donors (Lipinski definition) is 2. The van der Waals surface area contributed by atoms with Crippen LogP contribution in [0, 0.1) is 0 Å². The molecule has 0 atom stereocenters. The molecule has 1 rings (SSSR count). The van der Waals surface area contributed by atoms with E-state index in [0.717, 1.165) is 29.7 Å². The van der Waals surface area contributed by atoms with Gasteiger partial charge in [0.15, 0.2) is 5.16 Å². The molecule has 0 aliphatic carbocycles. The summed E-state index contributed by atoms with van der Waals surface area (Å²) in [7, 11) is 0. The first-order valence-corrected chi connectivity index (χ1v) is 6.44. The van der Waals surface area contributed by atoms with Gasteiger partial charge in [-0.2, -0.15) is 0 Å². The molecule has 0 radical (unpaired) electrons. The highest BCUT2D eigenvalue weighted by molar-refractivity contribution is 7.99. The minimum atomic E-state index is -0.624. The molecule has 0 bridgehead atoms. The summed E-state index contributed by atoms with van der Waals surface area (Å²) in [6.45, 7) is 6.90. The van der Waals surface area contributed by atoms with Gasteiger partial charge in [-0.15, -0.1) is 10.2 Å². The number of thioether (sulfide) groups is 1. The van der Waals surface area contributed by atoms with Crippen LogP contribution in [0.2, 0.25) is 0 Å². The summed E-state index contributed by atoms with van der Waals surface area (Å²) in [5.41, 5.74) is 4.94. The topological polar surface area (TPSA) is 77.0 Å². The highest BCUT2D eigenvalue weighted by Gasteiger charge is 2.14. The summed E-state index contributed by atoms with van der Waals surface area (Å²) in [5, 5.41) is 18.6. The van der Waals surface area contributed by atoms with E-state index in [-0.39, 0.29) is 0 Å². The molecule has 16 heavy (non-hydrogen) atoms. The van der Waals surface area contributed by atoms with Gasteiger partial charge in [-0.3, -0.25) is 0 Å². The van der Waals surface area contributed by atoms with Crippen molar-refractivity contribution in [2.75, 3.05) is 5.75 Å². The van der Waals surface area contributed by atoms with Crippen molar-refractivity contribution in [2.24, 2.45) is 5.73 Å². The lowest BCUT2D eigenvalue weighted by molar-refractivity contribution is 0.0777. The van der Waals surface area contributed by atoms with Crippen molar-refractivity contribution >= 4 is 11.8 Å². The lowest BCUT2D eigenvalue weighted by Gasteiger charge is -2.16. The first kappa shape index (κ1) is 13.5. The number of nitrogens with zero attached hydrogens (tertiary/aromatic N) is 3. The molecule has 0 saturated heterocycles. The maximum absolute atomic E-state index is 9.60. The maximum Gasteiger partial charge on any atom is 0.191 e. The van der Waals surface area contributed by atoms with Crippen molar-refractivity contribution in [3.8, 4) is 0 Å². The third-order valence-corrected chi connectivity index (χ3v) is 3.21. The van der Waals surface area contributed by atoms with E-state index in [2.05, 4.69) is 10.2 Å². The Morgan fingerprint density at radius 3 is 2.62 bits per heavy atom. The van der Waals surface area contributed by atoms with Gasteiger partial charge in [0.05, 0.1) is 12.1 Å². The average Bonchev–Trinajstić information content (AvgIpc) is 2.58. The van der Waals surface area contributed by atoms with Crippen LogP contribution in [0.5, 0.6) is 0 Å². The monoisotopic (exact) mass is 244 g/mol. The van der Waals surface area contributed by atoms with Crippen LogP contribution in [-0.4, -0.2) is 31.2 Å². The third-order valence-electron chi connectivity index (χ3n) is 2.24. The molecule has 6 heteroatoms. The fraction of sp³-hybridized carbons (Fsp3) is 0.800. The summed E-state index contributed by atoms with van der Waals surface area (Å²) in [4.78, 5) is 0. The second-order valence-corrected chi connectivity index (χ2v) is 5.32. The quantitative estimate of drug-likeness (QED) is 0.730. The van der Waals surface area contributed by atoms with Crippen LogP contribution < -0.4 is 5.73 Å². The van der Waals surface area contributed by atoms with Crippen molar-refractivity contribution in [1.29, 1.82) is 0 Å². The molecule has 0 amide bonds. The molecule has 5 nitrogen and oxygen atoms in total. The molecular weight excluding hydrogens is 224 g/mol. The zero-order chi connectivity index (χ0) is 12.2. The molecule has 1 heterocycles. The van der Waals surface area contributed by atoms with Gasteiger partial charge in [0, 0.05) is 12.3 Å². The number of rotatable bonds is 6. The van der Waals surface area contributed by atoms with Gasteiger partial charge in [0.2, 0.25) is 0 Å². The van der Waals surface area contributed by atoms with Gasteiger partial charge in [-0.05, 0) is 27.2 Å². The smallest absolute Gasteiger partial charge is 0.191 e. The maximum atomic E-state index is 9.60. The molecule has 92 valence electrons. The van der Waals surface area contributed by atoms with E-state index in [0.29, 0.717) is 6.54 Å². The number of hydrogen-bond acceptors (Lipinski definition) is 5. The Morgan fingerprint density at radius 1 is 1.44 bits per heavy atom. The van der Waals surface area contributed by atoms with Crippen LogP contribution in [0.3, 0.4) is 0 Å². The summed E-state index contributed by atoms with van der Waals surface area (Å²) in [6.07, 6.45) is 0.728. The van der Waals surface area contributed by atoms with E-state index in [1.54, 1.807) is 11.8 Å². The molecule has 0 aliphatic heterocycles. The zero-order valence-corrected chi connectivity index (χ0v) is 10.9. The highest BCUT2D eigenvalue weighted by atomic mass is 32.2. The molecule has 1 aromatic heterocycles. The van der Waals surface area contributed by atoms with E-state index in [1.165, 1.54) is 0 Å². The molecule has 0 unspecified atom stereocenters. The minimum absolute atomic E-state index is 0.410. The molecule has 1 aromatic rings. The van der Waals surface area contributed by atoms with Crippen molar-refractivity contribution in [3.63, 3.8) is 0 Å². The van der Waals surface area contributed by atoms with Crippen LogP contribution in [0.15, 0.2) is 5.16 Å². The Bertz CT molecular complexity index is 332. The standard InChI is InChI=1S/C10H20N4OS/c1-4-14-8(7-11)12-13-9(14)16-6-5-10(2,3)15/h15H,4-7,11H2,1-3H3. The van der Waals surface area contributed by atoms with Crippen LogP contribution in [-0.2, 0) is 13.1 Å². The van der Waals surface area contributed by atoms with Crippen molar-refractivity contribution in [2.45, 2.75) is 51.0 Å². The largest absolute Gasteiger partial charge is 0.390 e. The summed E-state index contributed by atoms with van der Waals surface area (Å²) >= 11 is 1.61. The Morgan fingerprint density at radius 2 is 2.12 bits per heavy atom. The van der Waals surface area contributed by atoms with E-state index in [4.69, 9.17) is 5.73 Å². The predicted molar refractivity (Wildman–Crippen MR) is 65.2 cm³/mol. The predicted octanol–water partition coefficient (Wildman–Crippen LogP) is 1.01. The van der Waals surface area contributed by atoms with E-state index < -0.39 is 5.60 Å². The number of aromatic nitrogens is 3. The first-order chi connectivity index (χ1) is 7.48. The highest BCUT2D eigenvalue weighted by Crippen LogP contribution is 2.20. The molecule has 0 spiro atoms. The Hall–Kier alpha value is -0.590. The van der Waals surface area contributed by atoms with Gasteiger partial charge in [-0.1, -0.05) is 11.8 Å². The SMILES string of the molecule is CCn1c(CN)nnc1SCCC(C)(C)O. The van der Waals surface area contributed by atoms with Gasteiger partial charge in [0.1, 0.15) is 5.82 Å². The molecule has 0 saturated carbocycles. The van der Waals surface area contributed by atoms with Gasteiger partial charge >= 0.3 is 0 Å². The Labute approximate surface area is 100 Å². The first-order valence-electron chi connectivity index (χ1n) is 5.45. The second-order valence-electron chi connectivity index (χ2n) is 4.26. The summed E-state index contributed by atoms with van der Waals surface area (Å²) in [6, 6.07) is 0. The molecular formula is C10H20N4OS. The van der Waals surface area contributed by atoms with Crippen LogP contribution >= 0.6 is 11.8 Å². The Balaban J connectivity index is 2.57. The lowest BCUT2D eigenvalue weighted by Crippen LogP contribution is -2.19. The lowest BCUT2D eigenvalue weighted by atomic mass is 10.1. The van der Waals surface area contributed by atoms with Crippen molar-refractivity contribution in [1.82, 2.24) is 14.8 Å². The fourth-order valence-electron chi connectivity index (χ4n) is 1.29. The minimum Gasteiger partial charge on any atom is -0.390 e.